The van der Waals surface area contributed by atoms with Crippen molar-refractivity contribution in [1.82, 2.24) is 14.3 Å². The lowest BCUT2D eigenvalue weighted by molar-refractivity contribution is -0.123. The van der Waals surface area contributed by atoms with Crippen LogP contribution in [0.15, 0.2) is 71.9 Å². The average molecular weight is 525 g/mol. The Labute approximate surface area is 213 Å². The molecule has 3 heterocycles. The van der Waals surface area contributed by atoms with Crippen LogP contribution in [0, 0.1) is 18.7 Å². The predicted octanol–water partition coefficient (Wildman–Crippen LogP) is 4.77. The molecule has 36 heavy (non-hydrogen) atoms. The number of benzene rings is 2. The summed E-state index contributed by atoms with van der Waals surface area (Å²) in [6.07, 6.45) is 4.51. The van der Waals surface area contributed by atoms with Gasteiger partial charge in [-0.3, -0.25) is 14.7 Å². The number of amides is 1. The zero-order valence-electron chi connectivity index (χ0n) is 19.7. The van der Waals surface area contributed by atoms with Crippen molar-refractivity contribution in [3.8, 4) is 0 Å². The molecular formula is C26H25FN4O3S2. The Morgan fingerprint density at radius 3 is 2.75 bits per heavy atom. The molecule has 0 spiro atoms. The van der Waals surface area contributed by atoms with Crippen LogP contribution in [0.3, 0.4) is 0 Å². The Balaban J connectivity index is 1.44. The second-order valence-corrected chi connectivity index (χ2v) is 11.9. The summed E-state index contributed by atoms with van der Waals surface area (Å²) in [6.45, 7) is 2.67. The van der Waals surface area contributed by atoms with Crippen LogP contribution in [0.1, 0.15) is 24.0 Å². The number of rotatable bonds is 6. The quantitative estimate of drug-likeness (QED) is 0.363. The number of thiazole rings is 1. The van der Waals surface area contributed by atoms with Crippen LogP contribution < -0.4 is 4.90 Å². The highest BCUT2D eigenvalue weighted by molar-refractivity contribution is 7.89. The fourth-order valence-corrected chi connectivity index (χ4v) is 6.98. The maximum atomic E-state index is 13.9. The maximum absolute atomic E-state index is 13.9. The minimum absolute atomic E-state index is 0.0192. The van der Waals surface area contributed by atoms with Crippen molar-refractivity contribution < 1.29 is 17.6 Å². The standard InChI is InChI=1S/C26H25FN4O3S2/c1-18-6-11-23-24(14-18)35-26(29-23)31(16-19-4-2-12-28-15-19)25(32)20-5-3-13-30(17-20)36(33,34)22-9-7-21(27)8-10-22/h2,4,6-12,14-15,20H,3,5,13,16-17H2,1H3. The number of anilines is 1. The van der Waals surface area contributed by atoms with E-state index in [0.717, 1.165) is 33.5 Å². The Morgan fingerprint density at radius 2 is 2.00 bits per heavy atom. The molecule has 1 aliphatic rings. The van der Waals surface area contributed by atoms with Crippen LogP contribution in [0.2, 0.25) is 0 Å². The van der Waals surface area contributed by atoms with E-state index in [1.807, 2.05) is 37.3 Å². The number of hydrogen-bond acceptors (Lipinski definition) is 6. The number of pyridine rings is 1. The van der Waals surface area contributed by atoms with Gasteiger partial charge in [0.2, 0.25) is 15.9 Å². The van der Waals surface area contributed by atoms with Gasteiger partial charge in [-0.15, -0.1) is 0 Å². The summed E-state index contributed by atoms with van der Waals surface area (Å²) in [7, 11) is -3.85. The maximum Gasteiger partial charge on any atom is 0.243 e. The Bertz CT molecular complexity index is 1490. The summed E-state index contributed by atoms with van der Waals surface area (Å²) in [6, 6.07) is 14.5. The van der Waals surface area contributed by atoms with Gasteiger partial charge < -0.3 is 0 Å². The van der Waals surface area contributed by atoms with Gasteiger partial charge in [-0.05, 0) is 73.4 Å². The number of carbonyl (C=O) groups excluding carboxylic acids is 1. The van der Waals surface area contributed by atoms with E-state index in [0.29, 0.717) is 24.5 Å². The first-order valence-corrected chi connectivity index (χ1v) is 13.9. The molecule has 1 saturated heterocycles. The smallest absolute Gasteiger partial charge is 0.243 e. The topological polar surface area (TPSA) is 83.5 Å². The average Bonchev–Trinajstić information content (AvgIpc) is 3.31. The third-order valence-corrected chi connectivity index (χ3v) is 9.20. The van der Waals surface area contributed by atoms with Crippen LogP contribution in [0.5, 0.6) is 0 Å². The fourth-order valence-electron chi connectivity index (χ4n) is 4.39. The van der Waals surface area contributed by atoms with Gasteiger partial charge in [0.15, 0.2) is 5.13 Å². The van der Waals surface area contributed by atoms with Gasteiger partial charge in [-0.2, -0.15) is 4.31 Å². The Morgan fingerprint density at radius 1 is 1.19 bits per heavy atom. The van der Waals surface area contributed by atoms with E-state index in [4.69, 9.17) is 4.98 Å². The lowest BCUT2D eigenvalue weighted by atomic mass is 9.98. The second-order valence-electron chi connectivity index (χ2n) is 8.91. The highest BCUT2D eigenvalue weighted by Gasteiger charge is 2.36. The summed E-state index contributed by atoms with van der Waals surface area (Å²) in [5, 5.41) is 0.572. The molecule has 7 nitrogen and oxygen atoms in total. The molecule has 2 aromatic heterocycles. The lowest BCUT2D eigenvalue weighted by Crippen LogP contribution is -2.46. The molecule has 10 heteroatoms. The molecule has 0 saturated carbocycles. The molecular weight excluding hydrogens is 499 g/mol. The number of aryl methyl sites for hydroxylation is 1. The Hall–Kier alpha value is -3.21. The number of fused-ring (bicyclic) bond motifs is 1. The van der Waals surface area contributed by atoms with Crippen molar-refractivity contribution in [3.63, 3.8) is 0 Å². The summed E-state index contributed by atoms with van der Waals surface area (Å²) in [5.41, 5.74) is 2.78. The van der Waals surface area contributed by atoms with E-state index < -0.39 is 21.8 Å². The molecule has 0 aliphatic carbocycles. The van der Waals surface area contributed by atoms with Gasteiger partial charge in [0, 0.05) is 25.5 Å². The third kappa shape index (κ3) is 5.02. The van der Waals surface area contributed by atoms with Crippen LogP contribution in [-0.4, -0.2) is 41.7 Å². The molecule has 5 rings (SSSR count). The van der Waals surface area contributed by atoms with E-state index in [9.17, 15) is 17.6 Å². The molecule has 1 fully saturated rings. The van der Waals surface area contributed by atoms with Crippen LogP contribution in [0.25, 0.3) is 10.2 Å². The minimum Gasteiger partial charge on any atom is -0.283 e. The zero-order valence-corrected chi connectivity index (χ0v) is 21.3. The zero-order chi connectivity index (χ0) is 25.3. The second kappa shape index (κ2) is 10.0. The van der Waals surface area contributed by atoms with E-state index in [2.05, 4.69) is 4.98 Å². The van der Waals surface area contributed by atoms with Crippen molar-refractivity contribution in [2.24, 2.45) is 5.92 Å². The van der Waals surface area contributed by atoms with Gasteiger partial charge in [-0.25, -0.2) is 17.8 Å². The molecule has 1 aliphatic heterocycles. The van der Waals surface area contributed by atoms with E-state index in [-0.39, 0.29) is 23.9 Å². The summed E-state index contributed by atoms with van der Waals surface area (Å²) >= 11 is 1.44. The molecule has 186 valence electrons. The lowest BCUT2D eigenvalue weighted by Gasteiger charge is -2.33. The van der Waals surface area contributed by atoms with E-state index >= 15 is 0 Å². The molecule has 4 aromatic rings. The number of halogens is 1. The number of piperidine rings is 1. The monoisotopic (exact) mass is 524 g/mol. The molecule has 1 amide bonds. The van der Waals surface area contributed by atoms with Gasteiger partial charge in [0.25, 0.3) is 0 Å². The van der Waals surface area contributed by atoms with Crippen LogP contribution >= 0.6 is 11.3 Å². The van der Waals surface area contributed by atoms with Crippen LogP contribution in [-0.2, 0) is 21.4 Å². The van der Waals surface area contributed by atoms with Gasteiger partial charge in [-0.1, -0.05) is 23.5 Å². The third-order valence-electron chi connectivity index (χ3n) is 6.28. The van der Waals surface area contributed by atoms with E-state index in [1.54, 1.807) is 17.3 Å². The highest BCUT2D eigenvalue weighted by Crippen LogP contribution is 2.33. The van der Waals surface area contributed by atoms with Crippen molar-refractivity contribution in [3.05, 3.63) is 83.9 Å². The molecule has 2 aromatic carbocycles. The summed E-state index contributed by atoms with van der Waals surface area (Å²) in [4.78, 5) is 24.5. The van der Waals surface area contributed by atoms with Crippen molar-refractivity contribution >= 4 is 42.6 Å². The van der Waals surface area contributed by atoms with Crippen molar-refractivity contribution in [2.45, 2.75) is 31.2 Å². The molecule has 0 radical (unpaired) electrons. The first kappa shape index (κ1) is 24.5. The molecule has 1 unspecified atom stereocenters. The van der Waals surface area contributed by atoms with Gasteiger partial charge in [0.1, 0.15) is 5.82 Å². The van der Waals surface area contributed by atoms with Gasteiger partial charge in [0.05, 0.1) is 27.6 Å². The first-order valence-electron chi connectivity index (χ1n) is 11.6. The largest absolute Gasteiger partial charge is 0.283 e. The SMILES string of the molecule is Cc1ccc2nc(N(Cc3cccnc3)C(=O)C3CCCN(S(=O)(=O)c4ccc(F)cc4)C3)sc2c1. The molecule has 1 atom stereocenters. The number of aromatic nitrogens is 2. The number of nitrogens with zero attached hydrogens (tertiary/aromatic N) is 4. The van der Waals surface area contributed by atoms with Gasteiger partial charge >= 0.3 is 0 Å². The molecule has 0 bridgehead atoms. The summed E-state index contributed by atoms with van der Waals surface area (Å²) < 4.78 is 42.1. The fraction of sp³-hybridized carbons (Fsp3) is 0.269. The van der Waals surface area contributed by atoms with Crippen LogP contribution in [0.4, 0.5) is 9.52 Å². The number of hydrogen-bond donors (Lipinski definition) is 0. The minimum atomic E-state index is -3.85. The Kier molecular flexibility index (Phi) is 6.83. The number of sulfonamides is 1. The van der Waals surface area contributed by atoms with Crippen molar-refractivity contribution in [2.75, 3.05) is 18.0 Å². The summed E-state index contributed by atoms with van der Waals surface area (Å²) in [5.74, 6) is -1.20. The number of carbonyl (C=O) groups is 1. The van der Waals surface area contributed by atoms with Crippen molar-refractivity contribution in [1.29, 1.82) is 0 Å². The predicted molar refractivity (Wildman–Crippen MR) is 138 cm³/mol. The molecule has 0 N–H and O–H groups in total. The highest BCUT2D eigenvalue weighted by atomic mass is 32.2. The normalized spacial score (nSPS) is 16.8. The first-order chi connectivity index (χ1) is 17.3. The van der Waals surface area contributed by atoms with E-state index in [1.165, 1.54) is 27.8 Å².